The van der Waals surface area contributed by atoms with Gasteiger partial charge in [0.05, 0.1) is 5.57 Å². The third-order valence-electron chi connectivity index (χ3n) is 6.71. The molecule has 1 aromatic heterocycles. The van der Waals surface area contributed by atoms with E-state index in [1.54, 1.807) is 0 Å². The molecule has 4 nitrogen and oxygen atoms in total. The number of aromatic nitrogens is 1. The van der Waals surface area contributed by atoms with Gasteiger partial charge in [0, 0.05) is 54.4 Å². The fourth-order valence-electron chi connectivity index (χ4n) is 4.87. The van der Waals surface area contributed by atoms with E-state index >= 15 is 0 Å². The fraction of sp³-hybridized carbons (Fsp3) is 0.241. The van der Waals surface area contributed by atoms with Crippen LogP contribution in [0.2, 0.25) is 5.02 Å². The van der Waals surface area contributed by atoms with Crippen LogP contribution in [0.4, 0.5) is 5.69 Å². The Hall–Kier alpha value is -2.89. The smallest absolute Gasteiger partial charge is 0.252 e. The van der Waals surface area contributed by atoms with Gasteiger partial charge in [0.25, 0.3) is 5.91 Å². The van der Waals surface area contributed by atoms with Crippen molar-refractivity contribution >= 4 is 50.8 Å². The number of amides is 1. The number of pyridine rings is 1. The van der Waals surface area contributed by atoms with E-state index in [2.05, 4.69) is 79.5 Å². The van der Waals surface area contributed by atoms with Crippen molar-refractivity contribution in [2.45, 2.75) is 25.8 Å². The molecule has 2 aliphatic rings. The van der Waals surface area contributed by atoms with Crippen LogP contribution < -0.4 is 14.8 Å². The monoisotopic (exact) mass is 548 g/mol. The number of hydrogen-bond donors (Lipinski definition) is 1. The summed E-state index contributed by atoms with van der Waals surface area (Å²) in [5, 5.41) is 3.92. The summed E-state index contributed by atoms with van der Waals surface area (Å²) in [7, 11) is 4.07. The Bertz CT molecular complexity index is 1360. The minimum atomic E-state index is 0.00363. The second kappa shape index (κ2) is 10.00. The summed E-state index contributed by atoms with van der Waals surface area (Å²) in [6, 6.07) is 16.4. The molecule has 0 atom stereocenters. The van der Waals surface area contributed by atoms with Gasteiger partial charge in [-0.15, -0.1) is 0 Å². The third kappa shape index (κ3) is 5.07. The molecule has 0 saturated heterocycles. The lowest BCUT2D eigenvalue weighted by Gasteiger charge is -2.11. The number of hydrogen-bond acceptors (Lipinski definition) is 2. The molecule has 178 valence electrons. The number of nitrogens with zero attached hydrogens (tertiary/aromatic N) is 2. The van der Waals surface area contributed by atoms with E-state index in [-0.39, 0.29) is 5.91 Å². The minimum absolute atomic E-state index is 0.00363. The van der Waals surface area contributed by atoms with Crippen molar-refractivity contribution in [3.8, 4) is 0 Å². The number of allylic oxidation sites excluding steroid dienone is 2. The van der Waals surface area contributed by atoms with Crippen LogP contribution >= 0.6 is 27.5 Å². The van der Waals surface area contributed by atoms with E-state index in [1.807, 2.05) is 32.3 Å². The fourth-order valence-corrected chi connectivity index (χ4v) is 5.46. The zero-order chi connectivity index (χ0) is 24.5. The highest BCUT2D eigenvalue weighted by Crippen LogP contribution is 2.42. The number of rotatable bonds is 7. The van der Waals surface area contributed by atoms with E-state index in [1.165, 1.54) is 22.4 Å². The Morgan fingerprint density at radius 1 is 1.06 bits per heavy atom. The minimum Gasteiger partial charge on any atom is -0.377 e. The Morgan fingerprint density at radius 3 is 2.63 bits per heavy atom. The molecule has 0 unspecified atom stereocenters. The largest absolute Gasteiger partial charge is 0.377 e. The number of aryl methyl sites for hydroxylation is 1. The van der Waals surface area contributed by atoms with Crippen molar-refractivity contribution in [3.05, 3.63) is 104 Å². The molecule has 5 rings (SSSR count). The van der Waals surface area contributed by atoms with Gasteiger partial charge in [0.1, 0.15) is 6.54 Å². The maximum atomic E-state index is 13.5. The zero-order valence-electron chi connectivity index (χ0n) is 19.9. The van der Waals surface area contributed by atoms with Crippen LogP contribution in [0.15, 0.2) is 76.5 Å². The van der Waals surface area contributed by atoms with Gasteiger partial charge in [-0.3, -0.25) is 4.79 Å². The van der Waals surface area contributed by atoms with Crippen molar-refractivity contribution in [2.24, 2.45) is 0 Å². The first kappa shape index (κ1) is 23.8. The van der Waals surface area contributed by atoms with Gasteiger partial charge >= 0.3 is 0 Å². The third-order valence-corrected chi connectivity index (χ3v) is 7.44. The SMILES string of the molecule is CN(C)c1cc[n+](CCCNC(=O)C2=C(C3=Cc4cc(Cl)ccc4C3)Cc3cc(Br)ccc32)cc1. The summed E-state index contributed by atoms with van der Waals surface area (Å²) < 4.78 is 3.18. The van der Waals surface area contributed by atoms with Gasteiger partial charge in [-0.2, -0.15) is 0 Å². The lowest BCUT2D eigenvalue weighted by atomic mass is 9.98. The van der Waals surface area contributed by atoms with Crippen molar-refractivity contribution in [1.29, 1.82) is 0 Å². The van der Waals surface area contributed by atoms with Crippen LogP contribution in [0.5, 0.6) is 0 Å². The average molecular weight is 550 g/mol. The first-order chi connectivity index (χ1) is 16.9. The van der Waals surface area contributed by atoms with Gasteiger partial charge in [-0.1, -0.05) is 45.7 Å². The van der Waals surface area contributed by atoms with Crippen LogP contribution in [0.25, 0.3) is 11.6 Å². The summed E-state index contributed by atoms with van der Waals surface area (Å²) in [4.78, 5) is 15.6. The van der Waals surface area contributed by atoms with E-state index in [9.17, 15) is 4.79 Å². The predicted octanol–water partition coefficient (Wildman–Crippen LogP) is 5.61. The molecule has 6 heteroatoms. The normalized spacial score (nSPS) is 14.0. The summed E-state index contributed by atoms with van der Waals surface area (Å²) in [6.07, 6.45) is 8.81. The molecule has 2 aromatic carbocycles. The molecule has 35 heavy (non-hydrogen) atoms. The van der Waals surface area contributed by atoms with E-state index in [0.29, 0.717) is 6.54 Å². The van der Waals surface area contributed by atoms with Crippen LogP contribution in [-0.4, -0.2) is 26.5 Å². The number of carbonyl (C=O) groups excluding carboxylic acids is 1. The Morgan fingerprint density at radius 2 is 1.86 bits per heavy atom. The Kier molecular flexibility index (Phi) is 6.81. The van der Waals surface area contributed by atoms with Gasteiger partial charge in [-0.05, 0) is 70.5 Å². The zero-order valence-corrected chi connectivity index (χ0v) is 22.3. The quantitative estimate of drug-likeness (QED) is 0.307. The standard InChI is InChI=1S/C29H27BrClN3O/c1-33(2)25-8-12-34(13-9-25)11-3-10-32-29(35)28-26-7-5-23(30)16-22(26)18-27(28)21-14-19-4-6-24(31)17-20(19)15-21/h4-9,12-13,15-17H,3,10-11,14,18H2,1-2H3/p+1. The summed E-state index contributed by atoms with van der Waals surface area (Å²) in [6.45, 7) is 1.48. The molecule has 0 spiro atoms. The maximum Gasteiger partial charge on any atom is 0.252 e. The van der Waals surface area contributed by atoms with Gasteiger partial charge in [0.15, 0.2) is 12.4 Å². The topological polar surface area (TPSA) is 36.2 Å². The molecule has 0 bridgehead atoms. The Labute approximate surface area is 220 Å². The number of halogens is 2. The highest BCUT2D eigenvalue weighted by Gasteiger charge is 2.30. The number of anilines is 1. The maximum absolute atomic E-state index is 13.5. The second-order valence-corrected chi connectivity index (χ2v) is 10.7. The van der Waals surface area contributed by atoms with Crippen LogP contribution in [0.1, 0.15) is 28.7 Å². The predicted molar refractivity (Wildman–Crippen MR) is 146 cm³/mol. The van der Waals surface area contributed by atoms with E-state index in [0.717, 1.165) is 57.6 Å². The lowest BCUT2D eigenvalue weighted by molar-refractivity contribution is -0.697. The van der Waals surface area contributed by atoms with Crippen LogP contribution in [-0.2, 0) is 24.2 Å². The highest BCUT2D eigenvalue weighted by atomic mass is 79.9. The molecular weight excluding hydrogens is 522 g/mol. The first-order valence-corrected chi connectivity index (χ1v) is 13.0. The number of nitrogens with one attached hydrogen (secondary N) is 1. The van der Waals surface area contributed by atoms with E-state index < -0.39 is 0 Å². The molecule has 3 aromatic rings. The summed E-state index contributed by atoms with van der Waals surface area (Å²) in [5.74, 6) is 0.00363. The highest BCUT2D eigenvalue weighted by molar-refractivity contribution is 9.10. The lowest BCUT2D eigenvalue weighted by Crippen LogP contribution is -2.35. The van der Waals surface area contributed by atoms with Crippen molar-refractivity contribution in [1.82, 2.24) is 5.32 Å². The molecule has 1 N–H and O–H groups in total. The van der Waals surface area contributed by atoms with Gasteiger partial charge in [0.2, 0.25) is 0 Å². The van der Waals surface area contributed by atoms with Crippen molar-refractivity contribution in [3.63, 3.8) is 0 Å². The van der Waals surface area contributed by atoms with Crippen LogP contribution in [0.3, 0.4) is 0 Å². The van der Waals surface area contributed by atoms with Crippen molar-refractivity contribution in [2.75, 3.05) is 25.5 Å². The molecule has 1 amide bonds. The Balaban J connectivity index is 1.32. The molecule has 0 aliphatic heterocycles. The molecule has 0 saturated carbocycles. The summed E-state index contributed by atoms with van der Waals surface area (Å²) in [5.41, 5.74) is 8.93. The molecule has 0 fully saturated rings. The second-order valence-electron chi connectivity index (χ2n) is 9.32. The molecular formula is C29H28BrClN3O+. The number of benzene rings is 2. The average Bonchev–Trinajstić information content (AvgIpc) is 3.42. The van der Waals surface area contributed by atoms with Gasteiger partial charge in [-0.25, -0.2) is 4.57 Å². The van der Waals surface area contributed by atoms with Gasteiger partial charge < -0.3 is 10.2 Å². The molecule has 2 aliphatic carbocycles. The summed E-state index contributed by atoms with van der Waals surface area (Å²) >= 11 is 9.81. The van der Waals surface area contributed by atoms with Crippen molar-refractivity contribution < 1.29 is 9.36 Å². The number of fused-ring (bicyclic) bond motifs is 2. The molecule has 0 radical (unpaired) electrons. The first-order valence-electron chi connectivity index (χ1n) is 11.8. The van der Waals surface area contributed by atoms with E-state index in [4.69, 9.17) is 11.6 Å². The van der Waals surface area contributed by atoms with Crippen LogP contribution in [0, 0.1) is 0 Å². The number of carbonyl (C=O) groups is 1. The molecule has 1 heterocycles.